The summed E-state index contributed by atoms with van der Waals surface area (Å²) in [6.45, 7) is 8.13. The van der Waals surface area contributed by atoms with Crippen LogP contribution in [0.5, 0.6) is 11.5 Å². The molecule has 4 aliphatic rings. The molecule has 2 aliphatic heterocycles. The van der Waals surface area contributed by atoms with Gasteiger partial charge in [0, 0.05) is 11.5 Å². The third-order valence-electron chi connectivity index (χ3n) is 6.52. The smallest absolute Gasteiger partial charge is 0.231 e. The van der Waals surface area contributed by atoms with Crippen LogP contribution in [-0.4, -0.2) is 39.5 Å². The number of hydrogen-bond donors (Lipinski definition) is 2. The molecule has 5 rings (SSSR count). The fourth-order valence-corrected chi connectivity index (χ4v) is 5.18. The molecular weight excluding hydrogens is 300 g/mol. The molecule has 0 aromatic heterocycles. The van der Waals surface area contributed by atoms with Crippen LogP contribution in [0.4, 0.5) is 0 Å². The molecule has 1 aromatic rings. The van der Waals surface area contributed by atoms with Crippen molar-refractivity contribution in [2.45, 2.75) is 19.4 Å². The number of fused-ring (bicyclic) bond motifs is 3. The number of hydrogen-bond acceptors (Lipinski definition) is 2. The lowest BCUT2D eigenvalue weighted by Crippen LogP contribution is -3.27. The van der Waals surface area contributed by atoms with E-state index in [4.69, 9.17) is 9.47 Å². The second-order valence-corrected chi connectivity index (χ2v) is 8.11. The van der Waals surface area contributed by atoms with Crippen molar-refractivity contribution in [2.24, 2.45) is 17.8 Å². The molecule has 0 unspecified atom stereocenters. The Morgan fingerprint density at radius 3 is 2.54 bits per heavy atom. The van der Waals surface area contributed by atoms with Gasteiger partial charge in [0.2, 0.25) is 6.79 Å². The van der Waals surface area contributed by atoms with E-state index in [1.807, 2.05) is 4.90 Å². The fourth-order valence-electron chi connectivity index (χ4n) is 5.18. The highest BCUT2D eigenvalue weighted by atomic mass is 16.7. The lowest BCUT2D eigenvalue weighted by molar-refractivity contribution is -1.02. The van der Waals surface area contributed by atoms with Crippen LogP contribution >= 0.6 is 0 Å². The molecule has 0 radical (unpaired) electrons. The normalized spacial score (nSPS) is 36.4. The minimum Gasteiger partial charge on any atom is -0.454 e. The average Bonchev–Trinajstić information content (AvgIpc) is 3.32. The highest BCUT2D eigenvalue weighted by Crippen LogP contribution is 2.42. The standard InChI is InChI=1S/C20H26N2O2/c1-3-17-9-15(1)10-18(17)13-22-7-5-21(6-8-22)12-16-2-4-19-20(11-16)24-14-23-19/h1-4,11,15,17-18H,5-10,12-14H2/p+2/t15-,17-,18-/m0/s1. The van der Waals surface area contributed by atoms with Gasteiger partial charge >= 0.3 is 0 Å². The molecule has 1 saturated heterocycles. The maximum Gasteiger partial charge on any atom is 0.231 e. The molecular formula is C20H28N2O2+2. The second-order valence-electron chi connectivity index (χ2n) is 8.11. The number of quaternary nitrogens is 2. The van der Waals surface area contributed by atoms with Gasteiger partial charge in [-0.05, 0) is 42.9 Å². The Morgan fingerprint density at radius 1 is 0.917 bits per heavy atom. The summed E-state index contributed by atoms with van der Waals surface area (Å²) < 4.78 is 10.9. The Labute approximate surface area is 144 Å². The lowest BCUT2D eigenvalue weighted by atomic mass is 9.93. The molecule has 2 bridgehead atoms. The van der Waals surface area contributed by atoms with Gasteiger partial charge in [0.25, 0.3) is 0 Å². The molecule has 24 heavy (non-hydrogen) atoms. The van der Waals surface area contributed by atoms with Gasteiger partial charge in [-0.3, -0.25) is 0 Å². The zero-order chi connectivity index (χ0) is 15.9. The average molecular weight is 328 g/mol. The van der Waals surface area contributed by atoms with Crippen molar-refractivity contribution in [3.05, 3.63) is 35.9 Å². The van der Waals surface area contributed by atoms with Crippen LogP contribution in [0.25, 0.3) is 0 Å². The van der Waals surface area contributed by atoms with Crippen molar-refractivity contribution < 1.29 is 19.3 Å². The van der Waals surface area contributed by atoms with E-state index in [1.165, 1.54) is 51.1 Å². The second kappa shape index (κ2) is 6.08. The van der Waals surface area contributed by atoms with E-state index in [-0.39, 0.29) is 0 Å². The Balaban J connectivity index is 1.12. The monoisotopic (exact) mass is 328 g/mol. The van der Waals surface area contributed by atoms with Crippen LogP contribution in [0.15, 0.2) is 30.4 Å². The van der Waals surface area contributed by atoms with Crippen LogP contribution < -0.4 is 19.3 Å². The van der Waals surface area contributed by atoms with Crippen molar-refractivity contribution in [2.75, 3.05) is 39.5 Å². The quantitative estimate of drug-likeness (QED) is 0.756. The van der Waals surface area contributed by atoms with Crippen LogP contribution in [0.1, 0.15) is 18.4 Å². The minimum absolute atomic E-state index is 0.367. The molecule has 2 N–H and O–H groups in total. The molecule has 0 amide bonds. The Morgan fingerprint density at radius 2 is 1.75 bits per heavy atom. The minimum atomic E-state index is 0.367. The number of piperazine rings is 1. The highest BCUT2D eigenvalue weighted by molar-refractivity contribution is 5.44. The lowest BCUT2D eigenvalue weighted by Gasteiger charge is -2.32. The van der Waals surface area contributed by atoms with Crippen LogP contribution in [0.3, 0.4) is 0 Å². The Kier molecular flexibility index (Phi) is 3.75. The van der Waals surface area contributed by atoms with Gasteiger partial charge in [0.05, 0.1) is 6.54 Å². The van der Waals surface area contributed by atoms with E-state index in [1.54, 1.807) is 4.90 Å². The third kappa shape index (κ3) is 2.82. The summed E-state index contributed by atoms with van der Waals surface area (Å²) in [6, 6.07) is 6.42. The summed E-state index contributed by atoms with van der Waals surface area (Å²) in [5.41, 5.74) is 1.37. The molecule has 1 aromatic carbocycles. The van der Waals surface area contributed by atoms with E-state index in [2.05, 4.69) is 30.4 Å². The van der Waals surface area contributed by atoms with Crippen molar-refractivity contribution in [3.63, 3.8) is 0 Å². The van der Waals surface area contributed by atoms with Crippen molar-refractivity contribution >= 4 is 0 Å². The molecule has 4 heteroatoms. The highest BCUT2D eigenvalue weighted by Gasteiger charge is 2.38. The molecule has 2 aliphatic carbocycles. The van der Waals surface area contributed by atoms with Crippen LogP contribution in [0, 0.1) is 17.8 Å². The Hall–Kier alpha value is -1.52. The summed E-state index contributed by atoms with van der Waals surface area (Å²) in [5.74, 6) is 4.59. The summed E-state index contributed by atoms with van der Waals surface area (Å²) in [5, 5.41) is 0. The van der Waals surface area contributed by atoms with Crippen LogP contribution in [0.2, 0.25) is 0 Å². The predicted octanol–water partition coefficient (Wildman–Crippen LogP) is -0.0891. The van der Waals surface area contributed by atoms with E-state index in [0.717, 1.165) is 35.8 Å². The zero-order valence-corrected chi connectivity index (χ0v) is 14.3. The fraction of sp³-hybridized carbons (Fsp3) is 0.600. The number of ether oxygens (including phenoxy) is 2. The summed E-state index contributed by atoms with van der Waals surface area (Å²) in [4.78, 5) is 3.56. The molecule has 128 valence electrons. The van der Waals surface area contributed by atoms with E-state index in [9.17, 15) is 0 Å². The van der Waals surface area contributed by atoms with E-state index >= 15 is 0 Å². The van der Waals surface area contributed by atoms with Gasteiger partial charge < -0.3 is 19.3 Å². The summed E-state index contributed by atoms with van der Waals surface area (Å²) in [6.07, 6.45) is 7.86. The van der Waals surface area contributed by atoms with Gasteiger partial charge in [0.1, 0.15) is 32.7 Å². The number of benzene rings is 1. The molecule has 2 fully saturated rings. The van der Waals surface area contributed by atoms with Gasteiger partial charge in [-0.25, -0.2) is 0 Å². The number of allylic oxidation sites excluding steroid dienone is 2. The van der Waals surface area contributed by atoms with Gasteiger partial charge in [-0.15, -0.1) is 0 Å². The molecule has 0 spiro atoms. The summed E-state index contributed by atoms with van der Waals surface area (Å²) in [7, 11) is 0. The van der Waals surface area contributed by atoms with Crippen molar-refractivity contribution in [3.8, 4) is 11.5 Å². The SMILES string of the molecule is C1=C[C@H]2C[C@H]1C[C@H]2C[NH+]1CC[NH+](Cc2ccc3c(c2)OCO3)CC1. The van der Waals surface area contributed by atoms with Gasteiger partial charge in [0.15, 0.2) is 11.5 Å². The first-order valence-electron chi connectivity index (χ1n) is 9.57. The first kappa shape index (κ1) is 14.8. The maximum atomic E-state index is 5.50. The largest absolute Gasteiger partial charge is 0.454 e. The van der Waals surface area contributed by atoms with Crippen LogP contribution in [-0.2, 0) is 6.54 Å². The molecule has 2 heterocycles. The van der Waals surface area contributed by atoms with Crippen molar-refractivity contribution in [1.82, 2.24) is 0 Å². The first-order chi connectivity index (χ1) is 11.8. The molecule has 1 saturated carbocycles. The topological polar surface area (TPSA) is 27.3 Å². The Bertz CT molecular complexity index is 637. The first-order valence-corrected chi connectivity index (χ1v) is 9.57. The zero-order valence-electron chi connectivity index (χ0n) is 14.3. The van der Waals surface area contributed by atoms with Crippen molar-refractivity contribution in [1.29, 1.82) is 0 Å². The van der Waals surface area contributed by atoms with Gasteiger partial charge in [-0.1, -0.05) is 12.2 Å². The van der Waals surface area contributed by atoms with Gasteiger partial charge in [-0.2, -0.15) is 0 Å². The maximum absolute atomic E-state index is 5.50. The predicted molar refractivity (Wildman–Crippen MR) is 91.4 cm³/mol. The molecule has 4 nitrogen and oxygen atoms in total. The number of nitrogens with one attached hydrogen (secondary N) is 2. The molecule has 3 atom stereocenters. The van der Waals surface area contributed by atoms with E-state index in [0.29, 0.717) is 6.79 Å². The van der Waals surface area contributed by atoms with E-state index < -0.39 is 0 Å². The number of rotatable bonds is 4. The summed E-state index contributed by atoms with van der Waals surface area (Å²) >= 11 is 0. The third-order valence-corrected chi connectivity index (χ3v) is 6.52.